The molecule has 2 amide bonds. The predicted octanol–water partition coefficient (Wildman–Crippen LogP) is -0.783. The molecule has 0 bridgehead atoms. The molecule has 1 saturated heterocycles. The fourth-order valence-corrected chi connectivity index (χ4v) is 2.70. The molecular formula is C12H21N3O3. The molecule has 0 spiro atoms. The normalized spacial score (nSPS) is 33.2. The number of carbonyl (C=O) groups is 2. The Labute approximate surface area is 107 Å². The summed E-state index contributed by atoms with van der Waals surface area (Å²) in [6, 6.07) is -0.396. The van der Waals surface area contributed by atoms with Crippen molar-refractivity contribution in [1.82, 2.24) is 4.90 Å². The molecule has 1 heterocycles. The first-order chi connectivity index (χ1) is 8.59. The minimum absolute atomic E-state index is 0.00949. The largest absolute Gasteiger partial charge is 0.377 e. The van der Waals surface area contributed by atoms with Crippen molar-refractivity contribution in [3.63, 3.8) is 0 Å². The van der Waals surface area contributed by atoms with Crippen molar-refractivity contribution in [2.75, 3.05) is 19.8 Å². The van der Waals surface area contributed by atoms with E-state index in [-0.39, 0.29) is 24.5 Å². The van der Waals surface area contributed by atoms with Crippen LogP contribution in [-0.2, 0) is 14.3 Å². The molecule has 1 atom stereocenters. The second kappa shape index (κ2) is 5.67. The van der Waals surface area contributed by atoms with Gasteiger partial charge in [-0.2, -0.15) is 0 Å². The van der Waals surface area contributed by atoms with Crippen LogP contribution in [0.5, 0.6) is 0 Å². The molecule has 6 heteroatoms. The van der Waals surface area contributed by atoms with Gasteiger partial charge in [0.2, 0.25) is 11.8 Å². The summed E-state index contributed by atoms with van der Waals surface area (Å²) in [7, 11) is 0. The maximum Gasteiger partial charge on any atom is 0.242 e. The molecule has 6 nitrogen and oxygen atoms in total. The van der Waals surface area contributed by atoms with Crippen LogP contribution < -0.4 is 11.5 Å². The van der Waals surface area contributed by atoms with E-state index in [1.54, 1.807) is 4.90 Å². The highest BCUT2D eigenvalue weighted by atomic mass is 16.5. The molecule has 2 rings (SSSR count). The molecule has 1 saturated carbocycles. The number of nitrogens with zero attached hydrogens (tertiary/aromatic N) is 1. The summed E-state index contributed by atoms with van der Waals surface area (Å²) in [5, 5.41) is 0. The van der Waals surface area contributed by atoms with Gasteiger partial charge in [-0.25, -0.2) is 0 Å². The van der Waals surface area contributed by atoms with E-state index < -0.39 is 11.9 Å². The fraction of sp³-hybridized carbons (Fsp3) is 0.833. The molecule has 1 aliphatic carbocycles. The van der Waals surface area contributed by atoms with Crippen LogP contribution in [0.15, 0.2) is 0 Å². The maximum atomic E-state index is 12.4. The summed E-state index contributed by atoms with van der Waals surface area (Å²) in [5.41, 5.74) is 11.1. The van der Waals surface area contributed by atoms with E-state index in [9.17, 15) is 9.59 Å². The van der Waals surface area contributed by atoms with Gasteiger partial charge in [0.1, 0.15) is 6.04 Å². The zero-order valence-electron chi connectivity index (χ0n) is 10.5. The van der Waals surface area contributed by atoms with Crippen LogP contribution in [-0.4, -0.2) is 48.6 Å². The van der Waals surface area contributed by atoms with Crippen LogP contribution in [0.3, 0.4) is 0 Å². The average molecular weight is 255 g/mol. The predicted molar refractivity (Wildman–Crippen MR) is 65.4 cm³/mol. The molecule has 1 aliphatic heterocycles. The van der Waals surface area contributed by atoms with Gasteiger partial charge >= 0.3 is 0 Å². The lowest BCUT2D eigenvalue weighted by Crippen LogP contribution is -2.56. The first-order valence-electron chi connectivity index (χ1n) is 6.52. The van der Waals surface area contributed by atoms with Crippen molar-refractivity contribution in [3.05, 3.63) is 0 Å². The van der Waals surface area contributed by atoms with Crippen molar-refractivity contribution in [2.24, 2.45) is 17.4 Å². The van der Waals surface area contributed by atoms with E-state index in [0.717, 1.165) is 25.7 Å². The van der Waals surface area contributed by atoms with Crippen LogP contribution in [0.25, 0.3) is 0 Å². The smallest absolute Gasteiger partial charge is 0.242 e. The van der Waals surface area contributed by atoms with E-state index in [1.807, 2.05) is 0 Å². The first-order valence-corrected chi connectivity index (χ1v) is 6.52. The van der Waals surface area contributed by atoms with Crippen molar-refractivity contribution in [1.29, 1.82) is 0 Å². The summed E-state index contributed by atoms with van der Waals surface area (Å²) in [6.07, 6.45) is 3.37. The van der Waals surface area contributed by atoms with Gasteiger partial charge in [0.15, 0.2) is 0 Å². The Kier molecular flexibility index (Phi) is 4.19. The SMILES string of the molecule is NC(=O)C1COCCN1C(=O)C1CCC(N)CC1. The van der Waals surface area contributed by atoms with Crippen molar-refractivity contribution >= 4 is 11.8 Å². The Balaban J connectivity index is 2.00. The molecular weight excluding hydrogens is 234 g/mol. The zero-order valence-corrected chi connectivity index (χ0v) is 10.5. The van der Waals surface area contributed by atoms with Gasteiger partial charge in [0.25, 0.3) is 0 Å². The van der Waals surface area contributed by atoms with Gasteiger partial charge in [-0.05, 0) is 25.7 Å². The maximum absolute atomic E-state index is 12.4. The second-order valence-electron chi connectivity index (χ2n) is 5.14. The Morgan fingerprint density at radius 2 is 1.83 bits per heavy atom. The minimum atomic E-state index is -0.609. The summed E-state index contributed by atoms with van der Waals surface area (Å²) in [4.78, 5) is 25.3. The quantitative estimate of drug-likeness (QED) is 0.676. The third-order valence-corrected chi connectivity index (χ3v) is 3.86. The molecule has 0 aromatic carbocycles. The zero-order chi connectivity index (χ0) is 13.1. The lowest BCUT2D eigenvalue weighted by molar-refractivity contribution is -0.151. The van der Waals surface area contributed by atoms with Crippen molar-refractivity contribution < 1.29 is 14.3 Å². The Morgan fingerprint density at radius 3 is 2.44 bits per heavy atom. The molecule has 18 heavy (non-hydrogen) atoms. The van der Waals surface area contributed by atoms with E-state index in [4.69, 9.17) is 16.2 Å². The number of nitrogens with two attached hydrogens (primary N) is 2. The summed E-state index contributed by atoms with van der Waals surface area (Å²) in [5.74, 6) is -0.464. The fourth-order valence-electron chi connectivity index (χ4n) is 2.70. The molecule has 2 aliphatic rings. The lowest BCUT2D eigenvalue weighted by Gasteiger charge is -2.37. The number of ether oxygens (including phenoxy) is 1. The van der Waals surface area contributed by atoms with Crippen LogP contribution in [0, 0.1) is 5.92 Å². The van der Waals surface area contributed by atoms with Gasteiger partial charge in [-0.1, -0.05) is 0 Å². The molecule has 0 aromatic heterocycles. The number of hydrogen-bond acceptors (Lipinski definition) is 4. The van der Waals surface area contributed by atoms with Crippen LogP contribution in [0.1, 0.15) is 25.7 Å². The van der Waals surface area contributed by atoms with Gasteiger partial charge in [-0.15, -0.1) is 0 Å². The van der Waals surface area contributed by atoms with Gasteiger partial charge < -0.3 is 21.1 Å². The number of hydrogen-bond donors (Lipinski definition) is 2. The van der Waals surface area contributed by atoms with Crippen molar-refractivity contribution in [3.8, 4) is 0 Å². The monoisotopic (exact) mass is 255 g/mol. The Bertz CT molecular complexity index is 327. The lowest BCUT2D eigenvalue weighted by atomic mass is 9.85. The number of rotatable bonds is 2. The topological polar surface area (TPSA) is 98.7 Å². The summed E-state index contributed by atoms with van der Waals surface area (Å²) in [6.45, 7) is 1.14. The molecule has 2 fully saturated rings. The van der Waals surface area contributed by atoms with Crippen LogP contribution in [0.2, 0.25) is 0 Å². The molecule has 1 unspecified atom stereocenters. The van der Waals surface area contributed by atoms with E-state index in [1.165, 1.54) is 0 Å². The highest BCUT2D eigenvalue weighted by Gasteiger charge is 2.36. The number of primary amides is 1. The molecule has 0 aromatic rings. The molecule has 4 N–H and O–H groups in total. The highest BCUT2D eigenvalue weighted by molar-refractivity contribution is 5.88. The van der Waals surface area contributed by atoms with Gasteiger partial charge in [0.05, 0.1) is 13.2 Å². The third kappa shape index (κ3) is 2.81. The average Bonchev–Trinajstić information content (AvgIpc) is 2.39. The van der Waals surface area contributed by atoms with Crippen molar-refractivity contribution in [2.45, 2.75) is 37.8 Å². The highest BCUT2D eigenvalue weighted by Crippen LogP contribution is 2.26. The number of morpholine rings is 1. The van der Waals surface area contributed by atoms with Crippen LogP contribution in [0.4, 0.5) is 0 Å². The van der Waals surface area contributed by atoms with E-state index in [2.05, 4.69) is 0 Å². The first kappa shape index (κ1) is 13.3. The van der Waals surface area contributed by atoms with Crippen LogP contribution >= 0.6 is 0 Å². The minimum Gasteiger partial charge on any atom is -0.377 e. The summed E-state index contributed by atoms with van der Waals surface area (Å²) >= 11 is 0. The van der Waals surface area contributed by atoms with E-state index in [0.29, 0.717) is 13.2 Å². The molecule has 0 radical (unpaired) electrons. The van der Waals surface area contributed by atoms with E-state index >= 15 is 0 Å². The Hall–Kier alpha value is -1.14. The standard InChI is InChI=1S/C12H21N3O3/c13-9-3-1-8(2-4-9)12(17)15-5-6-18-7-10(15)11(14)16/h8-10H,1-7,13H2,(H2,14,16). The van der Waals surface area contributed by atoms with Gasteiger partial charge in [0, 0.05) is 18.5 Å². The van der Waals surface area contributed by atoms with Gasteiger partial charge in [-0.3, -0.25) is 9.59 Å². The summed E-state index contributed by atoms with van der Waals surface area (Å²) < 4.78 is 5.21. The second-order valence-corrected chi connectivity index (χ2v) is 5.14. The molecule has 102 valence electrons. The number of amides is 2. The Morgan fingerprint density at radius 1 is 1.17 bits per heavy atom. The number of carbonyl (C=O) groups excluding carboxylic acids is 2. The third-order valence-electron chi connectivity index (χ3n) is 3.86.